The topological polar surface area (TPSA) is 51.2 Å². The van der Waals surface area contributed by atoms with Crippen LogP contribution in [0.15, 0.2) is 60.9 Å². The van der Waals surface area contributed by atoms with Crippen molar-refractivity contribution in [3.05, 3.63) is 77.1 Å². The first-order chi connectivity index (χ1) is 12.1. The van der Waals surface area contributed by atoms with Crippen molar-refractivity contribution in [2.24, 2.45) is 0 Å². The summed E-state index contributed by atoms with van der Waals surface area (Å²) in [5.41, 5.74) is 3.90. The largest absolute Gasteiger partial charge is 0.497 e. The van der Waals surface area contributed by atoms with Crippen LogP contribution < -0.4 is 10.1 Å². The molecule has 1 aromatic heterocycles. The molecule has 1 N–H and O–H groups in total. The molecule has 2 aromatic carbocycles. The Balaban J connectivity index is 1.82. The molecule has 3 rings (SSSR count). The maximum atomic E-state index is 12.5. The van der Waals surface area contributed by atoms with E-state index in [0.717, 1.165) is 22.4 Å². The summed E-state index contributed by atoms with van der Waals surface area (Å²) in [6.07, 6.45) is 3.26. The molecule has 0 aliphatic carbocycles. The fraction of sp³-hybridized carbons (Fsp3) is 0.100. The van der Waals surface area contributed by atoms with Gasteiger partial charge in [-0.25, -0.2) is 0 Å². The van der Waals surface area contributed by atoms with Crippen LogP contribution in [0.5, 0.6) is 5.75 Å². The van der Waals surface area contributed by atoms with Crippen molar-refractivity contribution in [3.63, 3.8) is 0 Å². The number of hydrogen-bond donors (Lipinski definition) is 1. The number of ether oxygens (including phenoxy) is 1. The maximum Gasteiger partial charge on any atom is 0.257 e. The lowest BCUT2D eigenvalue weighted by Gasteiger charge is -2.08. The minimum atomic E-state index is -0.234. The number of carbonyl (C=O) groups is 1. The van der Waals surface area contributed by atoms with Gasteiger partial charge < -0.3 is 10.1 Å². The van der Waals surface area contributed by atoms with Gasteiger partial charge in [0, 0.05) is 28.7 Å². The lowest BCUT2D eigenvalue weighted by Crippen LogP contribution is -2.12. The molecule has 0 atom stereocenters. The van der Waals surface area contributed by atoms with Gasteiger partial charge in [-0.05, 0) is 48.4 Å². The highest BCUT2D eigenvalue weighted by Crippen LogP contribution is 2.24. The molecular weight excluding hydrogens is 336 g/mol. The summed E-state index contributed by atoms with van der Waals surface area (Å²) in [7, 11) is 1.62. The van der Waals surface area contributed by atoms with E-state index in [2.05, 4.69) is 10.3 Å². The second-order valence-electron chi connectivity index (χ2n) is 5.61. The number of methoxy groups -OCH3 is 1. The number of aromatic nitrogens is 1. The SMILES string of the molecule is COc1ccc(-c2cncc(C(=O)Nc3ccc(C)c(Cl)c3)c2)cc1. The number of halogens is 1. The normalized spacial score (nSPS) is 10.4. The fourth-order valence-corrected chi connectivity index (χ4v) is 2.56. The zero-order chi connectivity index (χ0) is 17.8. The predicted molar refractivity (Wildman–Crippen MR) is 100 cm³/mol. The third-order valence-electron chi connectivity index (χ3n) is 3.85. The summed E-state index contributed by atoms with van der Waals surface area (Å²) >= 11 is 6.10. The van der Waals surface area contributed by atoms with E-state index < -0.39 is 0 Å². The second kappa shape index (κ2) is 7.36. The van der Waals surface area contributed by atoms with E-state index in [9.17, 15) is 4.79 Å². The number of nitrogens with zero attached hydrogens (tertiary/aromatic N) is 1. The average molecular weight is 353 g/mol. The molecule has 0 saturated carbocycles. The molecule has 0 radical (unpaired) electrons. The number of amides is 1. The molecule has 0 bridgehead atoms. The van der Waals surface area contributed by atoms with Crippen molar-refractivity contribution in [2.75, 3.05) is 12.4 Å². The van der Waals surface area contributed by atoms with Crippen LogP contribution in [-0.4, -0.2) is 18.0 Å². The van der Waals surface area contributed by atoms with E-state index in [-0.39, 0.29) is 5.91 Å². The molecule has 4 nitrogen and oxygen atoms in total. The molecular formula is C20H17ClN2O2. The van der Waals surface area contributed by atoms with Gasteiger partial charge in [-0.1, -0.05) is 29.8 Å². The van der Waals surface area contributed by atoms with Crippen LogP contribution in [-0.2, 0) is 0 Å². The number of benzene rings is 2. The molecule has 0 saturated heterocycles. The molecule has 1 amide bonds. The van der Waals surface area contributed by atoms with E-state index >= 15 is 0 Å². The van der Waals surface area contributed by atoms with Crippen LogP contribution in [0, 0.1) is 6.92 Å². The minimum absolute atomic E-state index is 0.234. The van der Waals surface area contributed by atoms with Crippen molar-refractivity contribution >= 4 is 23.2 Å². The molecule has 0 aliphatic heterocycles. The van der Waals surface area contributed by atoms with Crippen LogP contribution in [0.2, 0.25) is 5.02 Å². The Labute approximate surface area is 151 Å². The highest BCUT2D eigenvalue weighted by atomic mass is 35.5. The van der Waals surface area contributed by atoms with Crippen LogP contribution in [0.25, 0.3) is 11.1 Å². The molecule has 126 valence electrons. The Morgan fingerprint density at radius 3 is 2.48 bits per heavy atom. The van der Waals surface area contributed by atoms with Crippen molar-refractivity contribution in [1.29, 1.82) is 0 Å². The summed E-state index contributed by atoms with van der Waals surface area (Å²) in [6.45, 7) is 1.91. The quantitative estimate of drug-likeness (QED) is 0.721. The number of pyridine rings is 1. The summed E-state index contributed by atoms with van der Waals surface area (Å²) in [6, 6.07) is 14.8. The zero-order valence-corrected chi connectivity index (χ0v) is 14.7. The van der Waals surface area contributed by atoms with Gasteiger partial charge in [0.15, 0.2) is 0 Å². The van der Waals surface area contributed by atoms with Gasteiger partial charge in [0.1, 0.15) is 5.75 Å². The first-order valence-electron chi connectivity index (χ1n) is 7.74. The molecule has 3 aromatic rings. The number of nitrogens with one attached hydrogen (secondary N) is 1. The predicted octanol–water partition coefficient (Wildman–Crippen LogP) is 4.97. The number of carbonyl (C=O) groups excluding carboxylic acids is 1. The van der Waals surface area contributed by atoms with E-state index in [1.54, 1.807) is 25.4 Å². The number of hydrogen-bond acceptors (Lipinski definition) is 3. The maximum absolute atomic E-state index is 12.5. The zero-order valence-electron chi connectivity index (χ0n) is 13.9. The van der Waals surface area contributed by atoms with Gasteiger partial charge in [-0.15, -0.1) is 0 Å². The second-order valence-corrected chi connectivity index (χ2v) is 6.02. The van der Waals surface area contributed by atoms with Crippen molar-refractivity contribution in [2.45, 2.75) is 6.92 Å². The smallest absolute Gasteiger partial charge is 0.257 e. The third kappa shape index (κ3) is 3.98. The number of aryl methyl sites for hydroxylation is 1. The fourth-order valence-electron chi connectivity index (χ4n) is 2.38. The Morgan fingerprint density at radius 1 is 1.04 bits per heavy atom. The standard InChI is InChI=1S/C20H17ClN2O2/c1-13-3-6-17(10-19(13)21)23-20(24)16-9-15(11-22-12-16)14-4-7-18(25-2)8-5-14/h3-12H,1-2H3,(H,23,24). The van der Waals surface area contributed by atoms with Gasteiger partial charge in [0.2, 0.25) is 0 Å². The lowest BCUT2D eigenvalue weighted by atomic mass is 10.1. The highest BCUT2D eigenvalue weighted by Gasteiger charge is 2.09. The molecule has 5 heteroatoms. The minimum Gasteiger partial charge on any atom is -0.497 e. The molecule has 0 fully saturated rings. The van der Waals surface area contributed by atoms with Gasteiger partial charge in [0.05, 0.1) is 12.7 Å². The van der Waals surface area contributed by atoms with E-state index in [0.29, 0.717) is 16.3 Å². The van der Waals surface area contributed by atoms with Gasteiger partial charge in [-0.3, -0.25) is 9.78 Å². The van der Waals surface area contributed by atoms with Gasteiger partial charge in [-0.2, -0.15) is 0 Å². The molecule has 0 spiro atoms. The van der Waals surface area contributed by atoms with Crippen molar-refractivity contribution < 1.29 is 9.53 Å². The van der Waals surface area contributed by atoms with Crippen LogP contribution in [0.3, 0.4) is 0 Å². The molecule has 25 heavy (non-hydrogen) atoms. The highest BCUT2D eigenvalue weighted by molar-refractivity contribution is 6.31. The van der Waals surface area contributed by atoms with Gasteiger partial charge in [0.25, 0.3) is 5.91 Å². The molecule has 0 unspecified atom stereocenters. The van der Waals surface area contributed by atoms with Crippen molar-refractivity contribution in [1.82, 2.24) is 4.98 Å². The Morgan fingerprint density at radius 2 is 1.80 bits per heavy atom. The summed E-state index contributed by atoms with van der Waals surface area (Å²) in [5.74, 6) is 0.546. The Bertz CT molecular complexity index is 908. The van der Waals surface area contributed by atoms with E-state index in [4.69, 9.17) is 16.3 Å². The summed E-state index contributed by atoms with van der Waals surface area (Å²) < 4.78 is 5.16. The lowest BCUT2D eigenvalue weighted by molar-refractivity contribution is 0.102. The van der Waals surface area contributed by atoms with Crippen LogP contribution in [0.4, 0.5) is 5.69 Å². The Kier molecular flexibility index (Phi) is 5.00. The van der Waals surface area contributed by atoms with Gasteiger partial charge >= 0.3 is 0 Å². The number of rotatable bonds is 4. The third-order valence-corrected chi connectivity index (χ3v) is 4.26. The van der Waals surface area contributed by atoms with Crippen LogP contribution >= 0.6 is 11.6 Å². The molecule has 0 aliphatic rings. The average Bonchev–Trinajstić information content (AvgIpc) is 2.65. The summed E-state index contributed by atoms with van der Waals surface area (Å²) in [4.78, 5) is 16.7. The van der Waals surface area contributed by atoms with E-state index in [1.165, 1.54) is 6.20 Å². The van der Waals surface area contributed by atoms with Crippen molar-refractivity contribution in [3.8, 4) is 16.9 Å². The number of anilines is 1. The monoisotopic (exact) mass is 352 g/mol. The first kappa shape index (κ1) is 17.0. The Hall–Kier alpha value is -2.85. The first-order valence-corrected chi connectivity index (χ1v) is 8.11. The molecule has 1 heterocycles. The van der Waals surface area contributed by atoms with E-state index in [1.807, 2.05) is 43.3 Å². The summed E-state index contributed by atoms with van der Waals surface area (Å²) in [5, 5.41) is 3.45. The van der Waals surface area contributed by atoms with Crippen LogP contribution in [0.1, 0.15) is 15.9 Å².